The molecule has 4 heterocycles. The molecule has 2 aliphatic rings. The lowest BCUT2D eigenvalue weighted by molar-refractivity contribution is 0.266. The molecule has 4 rings (SSSR count). The van der Waals surface area contributed by atoms with Gasteiger partial charge in [-0.05, 0) is 25.7 Å². The van der Waals surface area contributed by atoms with Crippen LogP contribution >= 0.6 is 0 Å². The maximum Gasteiger partial charge on any atom is 0.137 e. The SMILES string of the molecule is OCC1CCCN1c1cc(N2CCC(n3cncn3)CC2)ncn1. The van der Waals surface area contributed by atoms with Crippen LogP contribution in [0.2, 0.25) is 0 Å². The summed E-state index contributed by atoms with van der Waals surface area (Å²) >= 11 is 0. The van der Waals surface area contributed by atoms with Crippen molar-refractivity contribution >= 4 is 11.6 Å². The van der Waals surface area contributed by atoms with Crippen molar-refractivity contribution in [3.63, 3.8) is 0 Å². The van der Waals surface area contributed by atoms with E-state index in [0.29, 0.717) is 6.04 Å². The number of aliphatic hydroxyl groups is 1. The van der Waals surface area contributed by atoms with E-state index in [0.717, 1.165) is 57.0 Å². The highest BCUT2D eigenvalue weighted by Gasteiger charge is 2.26. The molecular formula is C16H23N7O. The minimum atomic E-state index is 0.183. The third kappa shape index (κ3) is 2.93. The van der Waals surface area contributed by atoms with Crippen LogP contribution in [0.25, 0.3) is 0 Å². The Morgan fingerprint density at radius 2 is 1.88 bits per heavy atom. The van der Waals surface area contributed by atoms with Crippen molar-refractivity contribution in [2.75, 3.05) is 36.0 Å². The molecule has 128 valence electrons. The first-order valence-corrected chi connectivity index (χ1v) is 8.64. The summed E-state index contributed by atoms with van der Waals surface area (Å²) in [6, 6.07) is 2.66. The lowest BCUT2D eigenvalue weighted by Gasteiger charge is -2.33. The van der Waals surface area contributed by atoms with Gasteiger partial charge in [-0.1, -0.05) is 0 Å². The molecule has 1 N–H and O–H groups in total. The van der Waals surface area contributed by atoms with E-state index in [2.05, 4.69) is 35.9 Å². The van der Waals surface area contributed by atoms with Gasteiger partial charge in [0.15, 0.2) is 0 Å². The zero-order chi connectivity index (χ0) is 16.4. The Bertz CT molecular complexity index is 654. The normalized spacial score (nSPS) is 22.3. The molecule has 0 spiro atoms. The Morgan fingerprint density at radius 3 is 2.62 bits per heavy atom. The monoisotopic (exact) mass is 329 g/mol. The second-order valence-electron chi connectivity index (χ2n) is 6.50. The maximum atomic E-state index is 9.53. The summed E-state index contributed by atoms with van der Waals surface area (Å²) < 4.78 is 1.96. The Balaban J connectivity index is 1.45. The fourth-order valence-electron chi connectivity index (χ4n) is 3.76. The van der Waals surface area contributed by atoms with Gasteiger partial charge in [0.05, 0.1) is 18.7 Å². The second kappa shape index (κ2) is 6.72. The van der Waals surface area contributed by atoms with E-state index in [4.69, 9.17) is 0 Å². The van der Waals surface area contributed by atoms with Gasteiger partial charge < -0.3 is 14.9 Å². The van der Waals surface area contributed by atoms with Gasteiger partial charge in [0.1, 0.15) is 30.6 Å². The molecule has 1 unspecified atom stereocenters. The van der Waals surface area contributed by atoms with Crippen molar-refractivity contribution in [1.29, 1.82) is 0 Å². The van der Waals surface area contributed by atoms with Crippen molar-refractivity contribution in [2.24, 2.45) is 0 Å². The summed E-state index contributed by atoms with van der Waals surface area (Å²) in [6.07, 6.45) is 9.23. The fraction of sp³-hybridized carbons (Fsp3) is 0.625. The third-order valence-corrected chi connectivity index (χ3v) is 5.12. The molecule has 0 bridgehead atoms. The summed E-state index contributed by atoms with van der Waals surface area (Å²) in [6.45, 7) is 3.04. The van der Waals surface area contributed by atoms with Crippen molar-refractivity contribution in [2.45, 2.75) is 37.8 Å². The third-order valence-electron chi connectivity index (χ3n) is 5.12. The summed E-state index contributed by atoms with van der Waals surface area (Å²) in [4.78, 5) is 17.4. The Morgan fingerprint density at radius 1 is 1.04 bits per heavy atom. The van der Waals surface area contributed by atoms with Gasteiger partial charge in [-0.3, -0.25) is 0 Å². The highest BCUT2D eigenvalue weighted by molar-refractivity contribution is 5.51. The molecule has 1 atom stereocenters. The number of piperidine rings is 1. The maximum absolute atomic E-state index is 9.53. The van der Waals surface area contributed by atoms with E-state index >= 15 is 0 Å². The first kappa shape index (κ1) is 15.3. The topological polar surface area (TPSA) is 83.2 Å². The second-order valence-corrected chi connectivity index (χ2v) is 6.50. The zero-order valence-corrected chi connectivity index (χ0v) is 13.7. The molecule has 2 aromatic heterocycles. The Labute approximate surface area is 141 Å². The van der Waals surface area contributed by atoms with Gasteiger partial charge in [-0.25, -0.2) is 19.6 Å². The molecule has 0 saturated carbocycles. The molecule has 2 aliphatic heterocycles. The molecule has 2 fully saturated rings. The van der Waals surface area contributed by atoms with Crippen molar-refractivity contribution in [3.05, 3.63) is 25.0 Å². The summed E-state index contributed by atoms with van der Waals surface area (Å²) in [5, 5.41) is 13.8. The first-order chi connectivity index (χ1) is 11.8. The number of hydrogen-bond donors (Lipinski definition) is 1. The average Bonchev–Trinajstić information content (AvgIpc) is 3.33. The largest absolute Gasteiger partial charge is 0.394 e. The van der Waals surface area contributed by atoms with Gasteiger partial charge in [0.2, 0.25) is 0 Å². The van der Waals surface area contributed by atoms with Crippen LogP contribution in [0.4, 0.5) is 11.6 Å². The molecule has 0 aliphatic carbocycles. The van der Waals surface area contributed by atoms with E-state index in [1.54, 1.807) is 19.0 Å². The molecule has 24 heavy (non-hydrogen) atoms. The number of hydrogen-bond acceptors (Lipinski definition) is 7. The summed E-state index contributed by atoms with van der Waals surface area (Å²) in [5.41, 5.74) is 0. The van der Waals surface area contributed by atoms with Crippen LogP contribution in [0.3, 0.4) is 0 Å². The minimum Gasteiger partial charge on any atom is -0.394 e. The van der Waals surface area contributed by atoms with Crippen LogP contribution < -0.4 is 9.80 Å². The van der Waals surface area contributed by atoms with Crippen LogP contribution in [-0.4, -0.2) is 62.1 Å². The quantitative estimate of drug-likeness (QED) is 0.891. The fourth-order valence-corrected chi connectivity index (χ4v) is 3.76. The Hall–Kier alpha value is -2.22. The molecule has 2 aromatic rings. The van der Waals surface area contributed by atoms with Crippen LogP contribution in [-0.2, 0) is 0 Å². The van der Waals surface area contributed by atoms with E-state index in [9.17, 15) is 5.11 Å². The molecule has 2 saturated heterocycles. The predicted molar refractivity (Wildman–Crippen MR) is 90.0 cm³/mol. The number of aromatic nitrogens is 5. The number of nitrogens with zero attached hydrogens (tertiary/aromatic N) is 7. The molecule has 0 radical (unpaired) electrons. The first-order valence-electron chi connectivity index (χ1n) is 8.64. The number of anilines is 2. The molecule has 8 heteroatoms. The molecule has 8 nitrogen and oxygen atoms in total. The summed E-state index contributed by atoms with van der Waals surface area (Å²) in [7, 11) is 0. The van der Waals surface area contributed by atoms with Crippen molar-refractivity contribution in [1.82, 2.24) is 24.7 Å². The molecule has 0 aromatic carbocycles. The van der Waals surface area contributed by atoms with Crippen LogP contribution in [0, 0.1) is 0 Å². The molecular weight excluding hydrogens is 306 g/mol. The van der Waals surface area contributed by atoms with E-state index in [1.807, 2.05) is 4.68 Å². The van der Waals surface area contributed by atoms with Gasteiger partial charge >= 0.3 is 0 Å². The average molecular weight is 329 g/mol. The molecule has 0 amide bonds. The smallest absolute Gasteiger partial charge is 0.137 e. The van der Waals surface area contributed by atoms with E-state index in [-0.39, 0.29) is 12.6 Å². The lowest BCUT2D eigenvalue weighted by atomic mass is 10.1. The zero-order valence-electron chi connectivity index (χ0n) is 13.7. The van der Waals surface area contributed by atoms with Crippen LogP contribution in [0.5, 0.6) is 0 Å². The van der Waals surface area contributed by atoms with Crippen molar-refractivity contribution in [3.8, 4) is 0 Å². The van der Waals surface area contributed by atoms with E-state index in [1.165, 1.54) is 0 Å². The van der Waals surface area contributed by atoms with Gasteiger partial charge in [0.25, 0.3) is 0 Å². The van der Waals surface area contributed by atoms with Crippen LogP contribution in [0.15, 0.2) is 25.0 Å². The summed E-state index contributed by atoms with van der Waals surface area (Å²) in [5.74, 6) is 1.90. The van der Waals surface area contributed by atoms with Crippen molar-refractivity contribution < 1.29 is 5.11 Å². The standard InChI is InChI=1S/C16H23N7O/c24-9-14-2-1-5-22(14)16-8-15(18-11-19-16)21-6-3-13(4-7-21)23-12-17-10-20-23/h8,10-14,24H,1-7,9H2. The predicted octanol–water partition coefficient (Wildman–Crippen LogP) is 0.871. The highest BCUT2D eigenvalue weighted by atomic mass is 16.3. The van der Waals surface area contributed by atoms with Crippen LogP contribution in [0.1, 0.15) is 31.7 Å². The van der Waals surface area contributed by atoms with Gasteiger partial charge in [-0.2, -0.15) is 5.10 Å². The highest BCUT2D eigenvalue weighted by Crippen LogP contribution is 2.28. The Kier molecular flexibility index (Phi) is 4.29. The minimum absolute atomic E-state index is 0.183. The van der Waals surface area contributed by atoms with Gasteiger partial charge in [-0.15, -0.1) is 0 Å². The lowest BCUT2D eigenvalue weighted by Crippen LogP contribution is -2.36. The van der Waals surface area contributed by atoms with Gasteiger partial charge in [0, 0.05) is 25.7 Å². The number of aliphatic hydroxyl groups excluding tert-OH is 1. The van der Waals surface area contributed by atoms with E-state index < -0.39 is 0 Å². The number of rotatable bonds is 4.